The van der Waals surface area contributed by atoms with Gasteiger partial charge >= 0.3 is 0 Å². The lowest BCUT2D eigenvalue weighted by Gasteiger charge is -2.28. The summed E-state index contributed by atoms with van der Waals surface area (Å²) < 4.78 is 30.3. The first kappa shape index (κ1) is 92.8. The van der Waals surface area contributed by atoms with Gasteiger partial charge in [-0.05, 0) is 200 Å². The molecular formula is C112H87N11O12S2. The number of anilines is 6. The summed E-state index contributed by atoms with van der Waals surface area (Å²) in [4.78, 5) is 115. The molecule has 25 heteroatoms. The van der Waals surface area contributed by atoms with Gasteiger partial charge in [0.2, 0.25) is 0 Å². The molecule has 11 aromatic heterocycles. The Labute approximate surface area is 799 Å². The highest BCUT2D eigenvalue weighted by Gasteiger charge is 2.38. The highest BCUT2D eigenvalue weighted by atomic mass is 32.1. The molecule has 0 saturated heterocycles. The average Bonchev–Trinajstić information content (AvgIpc) is 1.56. The minimum atomic E-state index is -0.0172. The number of para-hydroxylation sites is 2. The Kier molecular flexibility index (Phi) is 28.7. The molecule has 0 atom stereocenters. The first-order chi connectivity index (χ1) is 66.6. The highest BCUT2D eigenvalue weighted by Crippen LogP contribution is 2.55. The van der Waals surface area contributed by atoms with E-state index < -0.39 is 0 Å². The molecule has 23 nitrogen and oxygen atoms in total. The van der Waals surface area contributed by atoms with Crippen molar-refractivity contribution in [3.8, 4) is 124 Å². The SMILES string of the molecule is CC(C)(C)c1ccc(N(c2ccc(/C=C/c3ccnc(-c4cc(OC=O)cc(-c5cc(OC=O)ccn5)n4)c3)cc2)c2ccc(C(C)(C)C)cc2)cc1.CC1(C)c2ccsc2-c2sc(C#Cc3ccnc(-c4cc(OC=O)cc(-c5cc(OC=O)ccn5)n4)c3)cc21.O=COc1ccnc(-c2cc(OC=O)cc(-c3cc(/C=C/c4ccc(N(c5ccccc5)c5ccccc5)cc4)ccn3)n2)c1. The van der Waals surface area contributed by atoms with E-state index >= 15 is 0 Å². The minimum Gasteiger partial charge on any atom is -0.429 e. The first-order valence-corrected chi connectivity index (χ1v) is 45.0. The van der Waals surface area contributed by atoms with Crippen LogP contribution in [0.25, 0.3) is 102 Å². The Morgan fingerprint density at radius 1 is 0.292 bits per heavy atom. The van der Waals surface area contributed by atoms with Gasteiger partial charge in [-0.25, -0.2) is 15.0 Å². The molecule has 0 fully saturated rings. The second-order valence-corrected chi connectivity index (χ2v) is 35.7. The van der Waals surface area contributed by atoms with E-state index in [1.165, 1.54) is 50.6 Å². The zero-order valence-corrected chi connectivity index (χ0v) is 77.1. The van der Waals surface area contributed by atoms with Crippen LogP contribution in [0.1, 0.15) is 110 Å². The lowest BCUT2D eigenvalue weighted by molar-refractivity contribution is -0.121. The predicted octanol–water partition coefficient (Wildman–Crippen LogP) is 24.5. The number of aromatic nitrogens is 9. The van der Waals surface area contributed by atoms with Gasteiger partial charge in [-0.3, -0.25) is 58.7 Å². The summed E-state index contributed by atoms with van der Waals surface area (Å²) in [6.07, 6.45) is 17.7. The molecule has 137 heavy (non-hydrogen) atoms. The monoisotopic (exact) mass is 1840 g/mol. The second-order valence-electron chi connectivity index (χ2n) is 33.7. The van der Waals surface area contributed by atoms with Gasteiger partial charge in [0.25, 0.3) is 38.8 Å². The Bertz CT molecular complexity index is 7280. The van der Waals surface area contributed by atoms with Gasteiger partial charge in [-0.1, -0.05) is 176 Å². The van der Waals surface area contributed by atoms with E-state index in [0.717, 1.165) is 66.8 Å². The quantitative estimate of drug-likeness (QED) is 0.0325. The molecule has 0 saturated carbocycles. The molecule has 17 aromatic rings. The minimum absolute atomic E-state index is 0.0172. The van der Waals surface area contributed by atoms with Crippen LogP contribution >= 0.6 is 22.7 Å². The maximum absolute atomic E-state index is 11.2. The van der Waals surface area contributed by atoms with Crippen LogP contribution in [-0.2, 0) is 45.0 Å². The topological polar surface area (TPSA) is 280 Å². The molecule has 1 aliphatic carbocycles. The van der Waals surface area contributed by atoms with Crippen LogP contribution in [0.15, 0.2) is 322 Å². The fraction of sp³-hybridized carbons (Fsp3) is 0.0982. The maximum atomic E-state index is 11.2. The number of carbonyl (C=O) groups is 6. The van der Waals surface area contributed by atoms with Gasteiger partial charge in [-0.2, -0.15) is 0 Å². The lowest BCUT2D eigenvalue weighted by atomic mass is 9.84. The molecule has 0 spiro atoms. The fourth-order valence-electron chi connectivity index (χ4n) is 15.2. The summed E-state index contributed by atoms with van der Waals surface area (Å²) in [6, 6.07) is 89.8. The van der Waals surface area contributed by atoms with Gasteiger partial charge in [0, 0.05) is 147 Å². The van der Waals surface area contributed by atoms with Gasteiger partial charge in [0.05, 0.1) is 73.2 Å². The zero-order chi connectivity index (χ0) is 95.4. The number of hydrogen-bond donors (Lipinski definition) is 0. The molecule has 0 bridgehead atoms. The van der Waals surface area contributed by atoms with Crippen molar-refractivity contribution in [3.63, 3.8) is 0 Å². The summed E-state index contributed by atoms with van der Waals surface area (Å²) in [5.41, 5.74) is 22.2. The van der Waals surface area contributed by atoms with Crippen molar-refractivity contribution in [1.29, 1.82) is 0 Å². The smallest absolute Gasteiger partial charge is 0.298 e. The molecule has 674 valence electrons. The first-order valence-electron chi connectivity index (χ1n) is 43.3. The van der Waals surface area contributed by atoms with E-state index in [4.69, 9.17) is 38.4 Å². The van der Waals surface area contributed by atoms with Gasteiger partial charge in [0.15, 0.2) is 0 Å². The molecule has 11 heterocycles. The number of carbonyl (C=O) groups excluding carboxylic acids is 6. The molecule has 0 N–H and O–H groups in total. The van der Waals surface area contributed by atoms with Crippen LogP contribution in [0.2, 0.25) is 0 Å². The Hall–Kier alpha value is -17.5. The molecule has 18 rings (SSSR count). The Morgan fingerprint density at radius 2 is 0.599 bits per heavy atom. The van der Waals surface area contributed by atoms with Crippen LogP contribution in [0.4, 0.5) is 34.1 Å². The number of thiophene rings is 2. The zero-order valence-electron chi connectivity index (χ0n) is 75.5. The number of rotatable bonds is 28. The van der Waals surface area contributed by atoms with Gasteiger partial charge in [-0.15, -0.1) is 22.7 Å². The number of ether oxygens (including phenoxy) is 6. The van der Waals surface area contributed by atoms with Crippen molar-refractivity contribution in [2.45, 2.75) is 71.6 Å². The third-order valence-electron chi connectivity index (χ3n) is 22.1. The fourth-order valence-corrected chi connectivity index (χ4v) is 17.6. The van der Waals surface area contributed by atoms with Gasteiger partial charge < -0.3 is 38.2 Å². The molecule has 0 aliphatic heterocycles. The van der Waals surface area contributed by atoms with E-state index in [0.29, 0.717) is 124 Å². The summed E-state index contributed by atoms with van der Waals surface area (Å²) in [5, 5.41) is 2.15. The maximum Gasteiger partial charge on any atom is 0.298 e. The van der Waals surface area contributed by atoms with Crippen LogP contribution in [-0.4, -0.2) is 83.7 Å². The summed E-state index contributed by atoms with van der Waals surface area (Å²) in [6.45, 7) is 19.9. The van der Waals surface area contributed by atoms with E-state index in [1.54, 1.807) is 114 Å². The van der Waals surface area contributed by atoms with Gasteiger partial charge in [0.1, 0.15) is 34.5 Å². The number of hydrogen-bond acceptors (Lipinski definition) is 25. The lowest BCUT2D eigenvalue weighted by Crippen LogP contribution is -2.14. The predicted molar refractivity (Wildman–Crippen MR) is 535 cm³/mol. The molecule has 0 radical (unpaired) electrons. The largest absolute Gasteiger partial charge is 0.429 e. The number of nitrogens with zero attached hydrogens (tertiary/aromatic N) is 11. The average molecular weight is 1840 g/mol. The second kappa shape index (κ2) is 42.4. The standard InChI is InChI=1S/C45H42N4O4.C37H26N4O4.C30H19N3O4S2/c1-44(2,3)33-11-17-36(18-12-33)49(37-19-13-34(14-20-37)45(4,5)6)35-15-9-31(10-16-35)7-8-32-21-23-46-40(25-32)42-27-39(53-30-51)28-43(48-42)41-26-38(52-29-50)22-24-47-41;42-25-44-32-18-20-39-35(22-32)37-24-33(45-26-43)23-36(40-37)34-21-28(17-19-38-34)12-11-27-13-15-31(16-14-27)41(29-7-3-1-4-8-29)30-9-5-2-6-10-30;1-30(2)22-7-10-38-28(22)29-23(30)15-21(39-29)4-3-18-5-8-31-24(11-18)26-13-20(37-17-35)14-27(33-26)25-12-19(36-16-34)6-9-32-25/h7-30H,1-6H3;1-26H;5-17H,1-2H3/b8-7+;12-11+;. The number of benzene rings is 6. The molecular weight excluding hydrogens is 1760 g/mol. The highest BCUT2D eigenvalue weighted by molar-refractivity contribution is 7.22. The van der Waals surface area contributed by atoms with Crippen molar-refractivity contribution >= 4 is 120 Å². The van der Waals surface area contributed by atoms with Crippen LogP contribution in [0.3, 0.4) is 0 Å². The van der Waals surface area contributed by atoms with Crippen LogP contribution in [0, 0.1) is 11.8 Å². The normalized spacial score (nSPS) is 11.6. The van der Waals surface area contributed by atoms with Crippen molar-refractivity contribution in [2.24, 2.45) is 0 Å². The summed E-state index contributed by atoms with van der Waals surface area (Å²) >= 11 is 3.50. The van der Waals surface area contributed by atoms with E-state index in [2.05, 4.69) is 257 Å². The van der Waals surface area contributed by atoms with Crippen molar-refractivity contribution in [3.05, 3.63) is 377 Å². The molecule has 6 aromatic carbocycles. The number of pyridine rings is 9. The van der Waals surface area contributed by atoms with E-state index in [-0.39, 0.29) is 33.5 Å². The number of fused-ring (bicyclic) bond motifs is 3. The van der Waals surface area contributed by atoms with E-state index in [9.17, 15) is 28.8 Å². The van der Waals surface area contributed by atoms with Crippen molar-refractivity contribution in [2.75, 3.05) is 9.80 Å². The van der Waals surface area contributed by atoms with E-state index in [1.807, 2.05) is 91.0 Å². The summed E-state index contributed by atoms with van der Waals surface area (Å²) in [7, 11) is 0. The molecule has 0 unspecified atom stereocenters. The van der Waals surface area contributed by atoms with Crippen LogP contribution in [0.5, 0.6) is 34.5 Å². The third kappa shape index (κ3) is 22.8. The molecule has 0 amide bonds. The van der Waals surface area contributed by atoms with Crippen molar-refractivity contribution in [1.82, 2.24) is 44.9 Å². The Morgan fingerprint density at radius 3 is 0.956 bits per heavy atom. The van der Waals surface area contributed by atoms with Crippen LogP contribution < -0.4 is 38.2 Å². The Balaban J connectivity index is 0.000000150. The third-order valence-corrected chi connectivity index (χ3v) is 24.3. The summed E-state index contributed by atoms with van der Waals surface area (Å²) in [5.74, 6) is 8.34. The molecule has 1 aliphatic rings. The van der Waals surface area contributed by atoms with Crippen molar-refractivity contribution < 1.29 is 57.2 Å².